The molecule has 0 bridgehead atoms. The number of hydrogen-bond acceptors (Lipinski definition) is 3. The molecule has 4 nitrogen and oxygen atoms in total. The SMILES string of the molecule is O=S(=O)(CCCl)Nc1ncccc1Br. The maximum Gasteiger partial charge on any atom is 0.235 e. The van der Waals surface area contributed by atoms with Crippen molar-refractivity contribution in [3.8, 4) is 0 Å². The van der Waals surface area contributed by atoms with Gasteiger partial charge in [0.2, 0.25) is 10.0 Å². The summed E-state index contributed by atoms with van der Waals surface area (Å²) in [4.78, 5) is 3.87. The van der Waals surface area contributed by atoms with E-state index in [9.17, 15) is 8.42 Å². The standard InChI is InChI=1S/C7H8BrClN2O2S/c8-6-2-1-4-10-7(6)11-14(12,13)5-3-9/h1-2,4H,3,5H2,(H,10,11). The Morgan fingerprint density at radius 3 is 2.86 bits per heavy atom. The highest BCUT2D eigenvalue weighted by atomic mass is 79.9. The summed E-state index contributed by atoms with van der Waals surface area (Å²) in [5.74, 6) is 0.204. The molecule has 1 aromatic rings. The molecule has 0 aliphatic rings. The molecule has 0 saturated heterocycles. The van der Waals surface area contributed by atoms with E-state index in [1.165, 1.54) is 6.20 Å². The van der Waals surface area contributed by atoms with Crippen molar-refractivity contribution < 1.29 is 8.42 Å². The van der Waals surface area contributed by atoms with E-state index >= 15 is 0 Å². The van der Waals surface area contributed by atoms with E-state index in [0.717, 1.165) is 0 Å². The number of aromatic nitrogens is 1. The van der Waals surface area contributed by atoms with Gasteiger partial charge in [-0.2, -0.15) is 0 Å². The second-order valence-corrected chi connectivity index (χ2v) is 5.52. The van der Waals surface area contributed by atoms with E-state index in [1.54, 1.807) is 12.1 Å². The van der Waals surface area contributed by atoms with Gasteiger partial charge < -0.3 is 0 Å². The van der Waals surface area contributed by atoms with Crippen LogP contribution in [-0.4, -0.2) is 25.0 Å². The highest BCUT2D eigenvalue weighted by Crippen LogP contribution is 2.19. The van der Waals surface area contributed by atoms with E-state index < -0.39 is 10.0 Å². The number of alkyl halides is 1. The molecule has 0 saturated carbocycles. The third-order valence-electron chi connectivity index (χ3n) is 1.36. The van der Waals surface area contributed by atoms with Gasteiger partial charge in [0.25, 0.3) is 0 Å². The molecule has 1 aromatic heterocycles. The van der Waals surface area contributed by atoms with Crippen LogP contribution in [0.2, 0.25) is 0 Å². The molecule has 0 aromatic carbocycles. The number of nitrogens with one attached hydrogen (secondary N) is 1. The summed E-state index contributed by atoms with van der Waals surface area (Å²) in [5.41, 5.74) is 0. The first-order valence-electron chi connectivity index (χ1n) is 3.72. The van der Waals surface area contributed by atoms with E-state index in [2.05, 4.69) is 25.6 Å². The Labute approximate surface area is 95.9 Å². The minimum atomic E-state index is -3.38. The van der Waals surface area contributed by atoms with Gasteiger partial charge >= 0.3 is 0 Å². The van der Waals surface area contributed by atoms with Crippen molar-refractivity contribution >= 4 is 43.4 Å². The topological polar surface area (TPSA) is 59.1 Å². The lowest BCUT2D eigenvalue weighted by atomic mass is 10.5. The Bertz CT molecular complexity index is 410. The number of pyridine rings is 1. The minimum Gasteiger partial charge on any atom is -0.266 e. The third kappa shape index (κ3) is 3.43. The number of anilines is 1. The zero-order valence-corrected chi connectivity index (χ0v) is 10.2. The zero-order valence-electron chi connectivity index (χ0n) is 7.07. The number of nitrogens with zero attached hydrogens (tertiary/aromatic N) is 1. The van der Waals surface area contributed by atoms with Gasteiger partial charge in [-0.25, -0.2) is 13.4 Å². The van der Waals surface area contributed by atoms with Gasteiger partial charge in [0, 0.05) is 12.1 Å². The van der Waals surface area contributed by atoms with Gasteiger partial charge in [0.1, 0.15) is 0 Å². The number of sulfonamides is 1. The average molecular weight is 300 g/mol. The lowest BCUT2D eigenvalue weighted by molar-refractivity contribution is 0.602. The maximum absolute atomic E-state index is 11.3. The second-order valence-electron chi connectivity index (χ2n) is 2.44. The Morgan fingerprint density at radius 2 is 2.29 bits per heavy atom. The van der Waals surface area contributed by atoms with Crippen LogP contribution in [0.1, 0.15) is 0 Å². The molecule has 14 heavy (non-hydrogen) atoms. The molecule has 0 amide bonds. The molecule has 0 atom stereocenters. The normalized spacial score (nSPS) is 11.3. The smallest absolute Gasteiger partial charge is 0.235 e. The monoisotopic (exact) mass is 298 g/mol. The fraction of sp³-hybridized carbons (Fsp3) is 0.286. The summed E-state index contributed by atoms with van der Waals surface area (Å²) < 4.78 is 25.5. The summed E-state index contributed by atoms with van der Waals surface area (Å²) in [6, 6.07) is 3.40. The first kappa shape index (κ1) is 11.7. The van der Waals surface area contributed by atoms with E-state index in [1.807, 2.05) is 0 Å². The number of halogens is 2. The average Bonchev–Trinajstić information content (AvgIpc) is 2.08. The lowest BCUT2D eigenvalue weighted by Gasteiger charge is -2.06. The van der Waals surface area contributed by atoms with Crippen molar-refractivity contribution in [3.05, 3.63) is 22.8 Å². The highest BCUT2D eigenvalue weighted by Gasteiger charge is 2.11. The first-order valence-corrected chi connectivity index (χ1v) is 6.70. The quantitative estimate of drug-likeness (QED) is 0.863. The van der Waals surface area contributed by atoms with E-state index in [4.69, 9.17) is 11.6 Å². The molecule has 1 rings (SSSR count). The molecule has 7 heteroatoms. The van der Waals surface area contributed by atoms with Crippen LogP contribution in [0.3, 0.4) is 0 Å². The fourth-order valence-corrected chi connectivity index (χ4v) is 2.62. The summed E-state index contributed by atoms with van der Waals surface area (Å²) in [5, 5.41) is 0. The van der Waals surface area contributed by atoms with Crippen molar-refractivity contribution in [3.63, 3.8) is 0 Å². The van der Waals surface area contributed by atoms with Gasteiger partial charge in [-0.1, -0.05) is 0 Å². The van der Waals surface area contributed by atoms with Crippen LogP contribution in [0, 0.1) is 0 Å². The van der Waals surface area contributed by atoms with Crippen LogP contribution in [0.5, 0.6) is 0 Å². The van der Waals surface area contributed by atoms with Gasteiger partial charge in [0.15, 0.2) is 5.82 Å². The molecule has 78 valence electrons. The van der Waals surface area contributed by atoms with Crippen molar-refractivity contribution in [1.29, 1.82) is 0 Å². The predicted molar refractivity (Wildman–Crippen MR) is 60.1 cm³/mol. The molecule has 0 aliphatic carbocycles. The molecule has 1 heterocycles. The van der Waals surface area contributed by atoms with Gasteiger partial charge in [0.05, 0.1) is 10.2 Å². The molecule has 0 aliphatic heterocycles. The number of rotatable bonds is 4. The van der Waals surface area contributed by atoms with Gasteiger partial charge in [-0.15, -0.1) is 11.6 Å². The van der Waals surface area contributed by atoms with Crippen molar-refractivity contribution in [2.24, 2.45) is 0 Å². The van der Waals surface area contributed by atoms with Crippen LogP contribution in [0.15, 0.2) is 22.8 Å². The largest absolute Gasteiger partial charge is 0.266 e. The first-order chi connectivity index (χ1) is 6.55. The molecule has 0 fully saturated rings. The Balaban J connectivity index is 2.84. The van der Waals surface area contributed by atoms with Crippen molar-refractivity contribution in [2.75, 3.05) is 16.4 Å². The lowest BCUT2D eigenvalue weighted by Crippen LogP contribution is -2.18. The Hall–Kier alpha value is -0.330. The van der Waals surface area contributed by atoms with Crippen LogP contribution in [-0.2, 0) is 10.0 Å². The van der Waals surface area contributed by atoms with Crippen molar-refractivity contribution in [1.82, 2.24) is 4.98 Å². The molecule has 0 unspecified atom stereocenters. The van der Waals surface area contributed by atoms with Crippen LogP contribution < -0.4 is 4.72 Å². The number of hydrogen-bond donors (Lipinski definition) is 1. The second kappa shape index (κ2) is 4.95. The van der Waals surface area contributed by atoms with E-state index in [0.29, 0.717) is 4.47 Å². The molecule has 1 N–H and O–H groups in total. The molecule has 0 spiro atoms. The highest BCUT2D eigenvalue weighted by molar-refractivity contribution is 9.10. The van der Waals surface area contributed by atoms with Crippen LogP contribution >= 0.6 is 27.5 Å². The summed E-state index contributed by atoms with van der Waals surface area (Å²) in [7, 11) is -3.38. The van der Waals surface area contributed by atoms with Crippen LogP contribution in [0.25, 0.3) is 0 Å². The summed E-state index contributed by atoms with van der Waals surface area (Å²) in [6.07, 6.45) is 1.50. The van der Waals surface area contributed by atoms with Gasteiger partial charge in [-0.05, 0) is 28.1 Å². The van der Waals surface area contributed by atoms with Gasteiger partial charge in [-0.3, -0.25) is 4.72 Å². The minimum absolute atomic E-state index is 0.0553. The summed E-state index contributed by atoms with van der Waals surface area (Å²) in [6.45, 7) is 0. The Kier molecular flexibility index (Phi) is 4.15. The summed E-state index contributed by atoms with van der Waals surface area (Å²) >= 11 is 8.52. The molecular formula is C7H8BrClN2O2S. The maximum atomic E-state index is 11.3. The zero-order chi connectivity index (χ0) is 10.6. The molecule has 0 radical (unpaired) electrons. The van der Waals surface area contributed by atoms with Crippen molar-refractivity contribution in [2.45, 2.75) is 0 Å². The predicted octanol–water partition coefficient (Wildman–Crippen LogP) is 1.82. The van der Waals surface area contributed by atoms with E-state index in [-0.39, 0.29) is 17.5 Å². The van der Waals surface area contributed by atoms with Crippen LogP contribution in [0.4, 0.5) is 5.82 Å². The Morgan fingerprint density at radius 1 is 1.57 bits per heavy atom. The fourth-order valence-electron chi connectivity index (χ4n) is 0.761. The molecular weight excluding hydrogens is 292 g/mol. The third-order valence-corrected chi connectivity index (χ3v) is 3.66.